The molecule has 0 aliphatic heterocycles. The molecule has 3 aromatic rings. The molecule has 0 aliphatic rings. The number of aryl methyl sites for hydroxylation is 1. The Bertz CT molecular complexity index is 704. The first-order valence-electron chi connectivity index (χ1n) is 5.86. The molecular formula is C12H11N5O3. The average molecular weight is 273 g/mol. The predicted octanol–water partition coefficient (Wildman–Crippen LogP) is 1.42. The molecular weight excluding hydrogens is 262 g/mol. The maximum absolute atomic E-state index is 5.15. The first kappa shape index (κ1) is 12.3. The molecule has 102 valence electrons. The van der Waals surface area contributed by atoms with E-state index in [0.29, 0.717) is 29.7 Å². The summed E-state index contributed by atoms with van der Waals surface area (Å²) >= 11 is 0. The van der Waals surface area contributed by atoms with Gasteiger partial charge in [-0.25, -0.2) is 9.97 Å². The molecule has 0 saturated heterocycles. The van der Waals surface area contributed by atoms with Gasteiger partial charge >= 0.3 is 0 Å². The number of nitrogens with zero attached hydrogens (tertiary/aromatic N) is 5. The lowest BCUT2D eigenvalue weighted by atomic mass is 10.3. The van der Waals surface area contributed by atoms with Gasteiger partial charge in [0, 0.05) is 6.07 Å². The molecule has 0 amide bonds. The fourth-order valence-corrected chi connectivity index (χ4v) is 1.62. The van der Waals surface area contributed by atoms with Crippen LogP contribution in [0.4, 0.5) is 0 Å². The van der Waals surface area contributed by atoms with Crippen molar-refractivity contribution >= 4 is 0 Å². The molecule has 20 heavy (non-hydrogen) atoms. The van der Waals surface area contributed by atoms with Gasteiger partial charge in [0.05, 0.1) is 31.6 Å². The van der Waals surface area contributed by atoms with Gasteiger partial charge in [0.15, 0.2) is 0 Å². The molecule has 0 aromatic carbocycles. The highest BCUT2D eigenvalue weighted by Gasteiger charge is 2.12. The van der Waals surface area contributed by atoms with Gasteiger partial charge in [-0.3, -0.25) is 0 Å². The van der Waals surface area contributed by atoms with Crippen LogP contribution in [0.2, 0.25) is 0 Å². The summed E-state index contributed by atoms with van der Waals surface area (Å²) in [6, 6.07) is 1.82. The van der Waals surface area contributed by atoms with Gasteiger partial charge in [0.25, 0.3) is 0 Å². The summed E-state index contributed by atoms with van der Waals surface area (Å²) in [5.74, 6) is 1.97. The van der Waals surface area contributed by atoms with Crippen molar-refractivity contribution in [2.24, 2.45) is 0 Å². The Balaban J connectivity index is 1.78. The Morgan fingerprint density at radius 1 is 1.15 bits per heavy atom. The Hall–Kier alpha value is -2.77. The molecule has 0 bridgehead atoms. The van der Waals surface area contributed by atoms with E-state index in [0.717, 1.165) is 11.5 Å². The highest BCUT2D eigenvalue weighted by Crippen LogP contribution is 2.15. The largest absolute Gasteiger partial charge is 0.480 e. The monoisotopic (exact) mass is 273 g/mol. The van der Waals surface area contributed by atoms with Gasteiger partial charge in [0.1, 0.15) is 11.5 Å². The normalized spacial score (nSPS) is 10.7. The van der Waals surface area contributed by atoms with Crippen LogP contribution in [-0.4, -0.2) is 32.4 Å². The summed E-state index contributed by atoms with van der Waals surface area (Å²) in [5.41, 5.74) is 1.25. The Morgan fingerprint density at radius 3 is 2.70 bits per heavy atom. The highest BCUT2D eigenvalue weighted by atomic mass is 16.5. The van der Waals surface area contributed by atoms with Crippen molar-refractivity contribution < 1.29 is 13.8 Å². The van der Waals surface area contributed by atoms with Crippen LogP contribution in [0.25, 0.3) is 11.5 Å². The Labute approximate surface area is 113 Å². The molecule has 0 saturated carbocycles. The third-order valence-corrected chi connectivity index (χ3v) is 2.54. The van der Waals surface area contributed by atoms with Gasteiger partial charge < -0.3 is 13.8 Å². The average Bonchev–Trinajstić information content (AvgIpc) is 3.09. The van der Waals surface area contributed by atoms with Crippen LogP contribution in [0.3, 0.4) is 0 Å². The van der Waals surface area contributed by atoms with E-state index < -0.39 is 0 Å². The molecule has 0 radical (unpaired) electrons. The number of ether oxygens (including phenoxy) is 1. The van der Waals surface area contributed by atoms with Crippen molar-refractivity contribution in [3.05, 3.63) is 35.8 Å². The molecule has 0 aliphatic carbocycles. The molecule has 0 atom stereocenters. The Kier molecular flexibility index (Phi) is 3.12. The van der Waals surface area contributed by atoms with Crippen LogP contribution in [0.1, 0.15) is 17.3 Å². The van der Waals surface area contributed by atoms with Crippen molar-refractivity contribution in [3.63, 3.8) is 0 Å². The van der Waals surface area contributed by atoms with E-state index in [-0.39, 0.29) is 0 Å². The van der Waals surface area contributed by atoms with Crippen LogP contribution in [-0.2, 0) is 6.42 Å². The van der Waals surface area contributed by atoms with E-state index in [1.807, 2.05) is 13.0 Å². The van der Waals surface area contributed by atoms with Gasteiger partial charge in [0.2, 0.25) is 17.6 Å². The number of aromatic nitrogens is 5. The molecule has 0 N–H and O–H groups in total. The molecule has 8 nitrogen and oxygen atoms in total. The Morgan fingerprint density at radius 2 is 2.05 bits per heavy atom. The first-order chi connectivity index (χ1) is 9.74. The zero-order valence-electron chi connectivity index (χ0n) is 10.9. The molecule has 8 heteroatoms. The SMILES string of the molecule is COc1cnc(-c2noc(Cc3cc(C)on3)n2)cn1. The smallest absolute Gasteiger partial charge is 0.233 e. The second-order valence-electron chi connectivity index (χ2n) is 4.06. The van der Waals surface area contributed by atoms with E-state index in [1.54, 1.807) is 0 Å². The van der Waals surface area contributed by atoms with Gasteiger partial charge in [-0.2, -0.15) is 4.98 Å². The summed E-state index contributed by atoms with van der Waals surface area (Å²) in [5, 5.41) is 7.73. The van der Waals surface area contributed by atoms with E-state index in [9.17, 15) is 0 Å². The van der Waals surface area contributed by atoms with Crippen molar-refractivity contribution in [1.82, 2.24) is 25.3 Å². The molecule has 3 heterocycles. The zero-order chi connectivity index (χ0) is 13.9. The maximum atomic E-state index is 5.15. The van der Waals surface area contributed by atoms with Crippen molar-refractivity contribution in [2.75, 3.05) is 7.11 Å². The van der Waals surface area contributed by atoms with E-state index in [1.165, 1.54) is 19.5 Å². The fourth-order valence-electron chi connectivity index (χ4n) is 1.62. The standard InChI is InChI=1S/C12H11N5O3/c1-7-3-8(16-19-7)4-10-15-12(17-20-10)9-5-14-11(18-2)6-13-9/h3,5-6H,4H2,1-2H3. The number of hydrogen-bond donors (Lipinski definition) is 0. The lowest BCUT2D eigenvalue weighted by molar-refractivity contribution is 0.371. The summed E-state index contributed by atoms with van der Waals surface area (Å²) in [6.45, 7) is 1.82. The second-order valence-corrected chi connectivity index (χ2v) is 4.06. The third kappa shape index (κ3) is 2.48. The second kappa shape index (κ2) is 5.08. The van der Waals surface area contributed by atoms with Crippen LogP contribution in [0, 0.1) is 6.92 Å². The number of hydrogen-bond acceptors (Lipinski definition) is 8. The lowest BCUT2D eigenvalue weighted by Crippen LogP contribution is -1.92. The van der Waals surface area contributed by atoms with E-state index in [4.69, 9.17) is 13.8 Å². The predicted molar refractivity (Wildman–Crippen MR) is 65.9 cm³/mol. The van der Waals surface area contributed by atoms with Gasteiger partial charge in [-0.15, -0.1) is 0 Å². The topological polar surface area (TPSA) is 100.0 Å². The summed E-state index contributed by atoms with van der Waals surface area (Å²) in [4.78, 5) is 12.4. The van der Waals surface area contributed by atoms with Gasteiger partial charge in [-0.1, -0.05) is 10.3 Å². The molecule has 3 rings (SSSR count). The minimum absolute atomic E-state index is 0.371. The van der Waals surface area contributed by atoms with Crippen LogP contribution in [0.5, 0.6) is 5.88 Å². The van der Waals surface area contributed by atoms with E-state index >= 15 is 0 Å². The summed E-state index contributed by atoms with van der Waals surface area (Å²) < 4.78 is 15.1. The van der Waals surface area contributed by atoms with Gasteiger partial charge in [-0.05, 0) is 6.92 Å². The third-order valence-electron chi connectivity index (χ3n) is 2.54. The van der Waals surface area contributed by atoms with Crippen LogP contribution in [0.15, 0.2) is 27.5 Å². The first-order valence-corrected chi connectivity index (χ1v) is 5.86. The lowest BCUT2D eigenvalue weighted by Gasteiger charge is -1.96. The number of rotatable bonds is 4. The molecule has 0 unspecified atom stereocenters. The van der Waals surface area contributed by atoms with Crippen molar-refractivity contribution in [3.8, 4) is 17.4 Å². The van der Waals surface area contributed by atoms with Crippen molar-refractivity contribution in [1.29, 1.82) is 0 Å². The quantitative estimate of drug-likeness (QED) is 0.703. The molecule has 0 fully saturated rings. The zero-order valence-corrected chi connectivity index (χ0v) is 10.9. The van der Waals surface area contributed by atoms with Crippen LogP contribution >= 0.6 is 0 Å². The molecule has 3 aromatic heterocycles. The summed E-state index contributed by atoms with van der Waals surface area (Å²) in [6.07, 6.45) is 3.42. The van der Waals surface area contributed by atoms with Crippen molar-refractivity contribution in [2.45, 2.75) is 13.3 Å². The van der Waals surface area contributed by atoms with Crippen LogP contribution < -0.4 is 4.74 Å². The number of methoxy groups -OCH3 is 1. The maximum Gasteiger partial charge on any atom is 0.233 e. The minimum atomic E-state index is 0.371. The fraction of sp³-hybridized carbons (Fsp3) is 0.250. The highest BCUT2D eigenvalue weighted by molar-refractivity contribution is 5.46. The molecule has 0 spiro atoms. The van der Waals surface area contributed by atoms with E-state index in [2.05, 4.69) is 25.3 Å². The summed E-state index contributed by atoms with van der Waals surface area (Å²) in [7, 11) is 1.52. The minimum Gasteiger partial charge on any atom is -0.480 e.